The Hall–Kier alpha value is -1.55. The first-order valence-electron chi connectivity index (χ1n) is 7.32. The Kier molecular flexibility index (Phi) is 5.01. The number of carbonyl (C=O) groups excluding carboxylic acids is 1. The van der Waals surface area contributed by atoms with Gasteiger partial charge >= 0.3 is 0 Å². The summed E-state index contributed by atoms with van der Waals surface area (Å²) in [6.07, 6.45) is 4.61. The van der Waals surface area contributed by atoms with Crippen molar-refractivity contribution in [3.63, 3.8) is 0 Å². The van der Waals surface area contributed by atoms with E-state index in [4.69, 9.17) is 10.5 Å². The van der Waals surface area contributed by atoms with Gasteiger partial charge in [-0.3, -0.25) is 4.79 Å². The van der Waals surface area contributed by atoms with Gasteiger partial charge in [0.15, 0.2) is 6.61 Å². The van der Waals surface area contributed by atoms with Crippen LogP contribution in [-0.4, -0.2) is 18.6 Å². The zero-order valence-corrected chi connectivity index (χ0v) is 12.4. The van der Waals surface area contributed by atoms with Gasteiger partial charge in [0.25, 0.3) is 5.91 Å². The molecule has 1 aliphatic rings. The number of nitrogens with two attached hydrogens (primary N) is 1. The van der Waals surface area contributed by atoms with E-state index in [0.717, 1.165) is 35.3 Å². The van der Waals surface area contributed by atoms with Gasteiger partial charge < -0.3 is 15.8 Å². The van der Waals surface area contributed by atoms with Crippen LogP contribution >= 0.6 is 0 Å². The zero-order chi connectivity index (χ0) is 14.5. The predicted molar refractivity (Wildman–Crippen MR) is 79.7 cm³/mol. The van der Waals surface area contributed by atoms with E-state index in [0.29, 0.717) is 12.6 Å². The van der Waals surface area contributed by atoms with Crippen molar-refractivity contribution in [1.29, 1.82) is 0 Å². The van der Waals surface area contributed by atoms with Crippen molar-refractivity contribution in [2.75, 3.05) is 6.61 Å². The van der Waals surface area contributed by atoms with Gasteiger partial charge in [-0.1, -0.05) is 25.0 Å². The number of benzene rings is 1. The molecule has 4 heteroatoms. The van der Waals surface area contributed by atoms with Crippen LogP contribution < -0.4 is 15.8 Å². The highest BCUT2D eigenvalue weighted by atomic mass is 16.5. The molecule has 110 valence electrons. The molecule has 0 spiro atoms. The minimum atomic E-state index is -0.0291. The average Bonchev–Trinajstić information content (AvgIpc) is 2.90. The van der Waals surface area contributed by atoms with E-state index in [1.165, 1.54) is 12.8 Å². The molecule has 0 unspecified atom stereocenters. The van der Waals surface area contributed by atoms with E-state index in [1.54, 1.807) is 0 Å². The van der Waals surface area contributed by atoms with E-state index in [2.05, 4.69) is 5.32 Å². The van der Waals surface area contributed by atoms with E-state index in [9.17, 15) is 4.79 Å². The van der Waals surface area contributed by atoms with E-state index in [-0.39, 0.29) is 12.5 Å². The second kappa shape index (κ2) is 6.75. The Balaban J connectivity index is 1.91. The maximum absolute atomic E-state index is 11.9. The van der Waals surface area contributed by atoms with E-state index < -0.39 is 0 Å². The molecule has 3 N–H and O–H groups in total. The van der Waals surface area contributed by atoms with Gasteiger partial charge in [0.2, 0.25) is 0 Å². The molecule has 1 amide bonds. The van der Waals surface area contributed by atoms with Crippen LogP contribution in [0.5, 0.6) is 5.75 Å². The van der Waals surface area contributed by atoms with Crippen LogP contribution in [0.2, 0.25) is 0 Å². The van der Waals surface area contributed by atoms with Gasteiger partial charge in [0, 0.05) is 12.6 Å². The van der Waals surface area contributed by atoms with Crippen molar-refractivity contribution < 1.29 is 9.53 Å². The number of aryl methyl sites for hydroxylation is 2. The van der Waals surface area contributed by atoms with Crippen molar-refractivity contribution in [3.8, 4) is 5.75 Å². The summed E-state index contributed by atoms with van der Waals surface area (Å²) in [5.41, 5.74) is 8.79. The SMILES string of the molecule is Cc1cc(CN)cc(C)c1OCC(=O)NC1CCCC1. The Bertz CT molecular complexity index is 456. The van der Waals surface area contributed by atoms with Gasteiger partial charge in [0.1, 0.15) is 5.75 Å². The maximum atomic E-state index is 11.9. The summed E-state index contributed by atoms with van der Waals surface area (Å²) >= 11 is 0. The summed E-state index contributed by atoms with van der Waals surface area (Å²) in [4.78, 5) is 11.9. The molecule has 0 radical (unpaired) electrons. The standard InChI is InChI=1S/C16H24N2O2/c1-11-7-13(9-17)8-12(2)16(11)20-10-15(19)18-14-5-3-4-6-14/h7-8,14H,3-6,9-10,17H2,1-2H3,(H,18,19). The Morgan fingerprint density at radius 1 is 1.30 bits per heavy atom. The minimum Gasteiger partial charge on any atom is -0.483 e. The molecular formula is C16H24N2O2. The molecule has 1 aliphatic carbocycles. The van der Waals surface area contributed by atoms with Crippen LogP contribution in [-0.2, 0) is 11.3 Å². The average molecular weight is 276 g/mol. The highest BCUT2D eigenvalue weighted by Gasteiger charge is 2.17. The normalized spacial score (nSPS) is 15.3. The molecular weight excluding hydrogens is 252 g/mol. The number of ether oxygens (including phenoxy) is 1. The highest BCUT2D eigenvalue weighted by molar-refractivity contribution is 5.78. The first kappa shape index (κ1) is 14.9. The van der Waals surface area contributed by atoms with Crippen molar-refractivity contribution in [3.05, 3.63) is 28.8 Å². The number of amides is 1. The highest BCUT2D eigenvalue weighted by Crippen LogP contribution is 2.24. The molecule has 20 heavy (non-hydrogen) atoms. The van der Waals surface area contributed by atoms with E-state index >= 15 is 0 Å². The molecule has 1 fully saturated rings. The number of carbonyl (C=O) groups is 1. The minimum absolute atomic E-state index is 0.0291. The lowest BCUT2D eigenvalue weighted by Gasteiger charge is -2.15. The lowest BCUT2D eigenvalue weighted by molar-refractivity contribution is -0.123. The van der Waals surface area contributed by atoms with Crippen LogP contribution in [0.4, 0.5) is 0 Å². The van der Waals surface area contributed by atoms with Gasteiger partial charge in [-0.25, -0.2) is 0 Å². The topological polar surface area (TPSA) is 64.3 Å². The van der Waals surface area contributed by atoms with Gasteiger partial charge in [-0.2, -0.15) is 0 Å². The van der Waals surface area contributed by atoms with Crippen LogP contribution in [0.15, 0.2) is 12.1 Å². The molecule has 1 saturated carbocycles. The fourth-order valence-corrected chi connectivity index (χ4v) is 2.86. The van der Waals surface area contributed by atoms with Crippen LogP contribution in [0, 0.1) is 13.8 Å². The van der Waals surface area contributed by atoms with Crippen LogP contribution in [0.1, 0.15) is 42.4 Å². The third-order valence-corrected chi connectivity index (χ3v) is 3.82. The van der Waals surface area contributed by atoms with Crippen molar-refractivity contribution in [2.45, 2.75) is 52.1 Å². The quantitative estimate of drug-likeness (QED) is 0.866. The van der Waals surface area contributed by atoms with Crippen LogP contribution in [0.3, 0.4) is 0 Å². The third kappa shape index (κ3) is 3.73. The summed E-state index contributed by atoms with van der Waals surface area (Å²) in [5.74, 6) is 0.766. The Morgan fingerprint density at radius 3 is 2.45 bits per heavy atom. The molecule has 1 aromatic rings. The molecule has 2 rings (SSSR count). The summed E-state index contributed by atoms with van der Waals surface area (Å²) in [6.45, 7) is 4.57. The monoisotopic (exact) mass is 276 g/mol. The maximum Gasteiger partial charge on any atom is 0.258 e. The molecule has 0 atom stereocenters. The lowest BCUT2D eigenvalue weighted by Crippen LogP contribution is -2.36. The summed E-state index contributed by atoms with van der Waals surface area (Å²) < 4.78 is 5.69. The number of hydrogen-bond acceptors (Lipinski definition) is 3. The number of nitrogens with one attached hydrogen (secondary N) is 1. The Labute approximate surface area is 120 Å². The first-order chi connectivity index (χ1) is 9.60. The number of rotatable bonds is 5. The molecule has 0 heterocycles. The van der Waals surface area contributed by atoms with Crippen molar-refractivity contribution in [1.82, 2.24) is 5.32 Å². The molecule has 0 saturated heterocycles. The fraction of sp³-hybridized carbons (Fsp3) is 0.562. The Morgan fingerprint density at radius 2 is 1.90 bits per heavy atom. The number of hydrogen-bond donors (Lipinski definition) is 2. The second-order valence-electron chi connectivity index (χ2n) is 5.60. The van der Waals surface area contributed by atoms with Crippen LogP contribution in [0.25, 0.3) is 0 Å². The molecule has 0 aromatic heterocycles. The molecule has 0 aliphatic heterocycles. The van der Waals surface area contributed by atoms with Crippen molar-refractivity contribution >= 4 is 5.91 Å². The van der Waals surface area contributed by atoms with Gasteiger partial charge in [-0.15, -0.1) is 0 Å². The second-order valence-corrected chi connectivity index (χ2v) is 5.60. The largest absolute Gasteiger partial charge is 0.483 e. The fourth-order valence-electron chi connectivity index (χ4n) is 2.86. The molecule has 0 bridgehead atoms. The van der Waals surface area contributed by atoms with E-state index in [1.807, 2.05) is 26.0 Å². The smallest absolute Gasteiger partial charge is 0.258 e. The lowest BCUT2D eigenvalue weighted by atomic mass is 10.1. The first-order valence-corrected chi connectivity index (χ1v) is 7.32. The third-order valence-electron chi connectivity index (χ3n) is 3.82. The molecule has 4 nitrogen and oxygen atoms in total. The molecule has 1 aromatic carbocycles. The van der Waals surface area contributed by atoms with Crippen molar-refractivity contribution in [2.24, 2.45) is 5.73 Å². The van der Waals surface area contributed by atoms with Gasteiger partial charge in [-0.05, 0) is 43.4 Å². The predicted octanol–water partition coefficient (Wildman–Crippen LogP) is 2.20. The van der Waals surface area contributed by atoms with Gasteiger partial charge in [0.05, 0.1) is 0 Å². The zero-order valence-electron chi connectivity index (χ0n) is 12.4. The summed E-state index contributed by atoms with van der Waals surface area (Å²) in [5, 5.41) is 3.03. The summed E-state index contributed by atoms with van der Waals surface area (Å²) in [7, 11) is 0. The summed E-state index contributed by atoms with van der Waals surface area (Å²) in [6, 6.07) is 4.36.